The first-order valence-corrected chi connectivity index (χ1v) is 8.31. The quantitative estimate of drug-likeness (QED) is 0.744. The first-order valence-electron chi connectivity index (χ1n) is 8.31. The van der Waals surface area contributed by atoms with E-state index in [1.807, 2.05) is 49.4 Å². The molecule has 0 saturated heterocycles. The Morgan fingerprint density at radius 2 is 1.79 bits per heavy atom. The molecule has 0 radical (unpaired) electrons. The van der Waals surface area contributed by atoms with Crippen LogP contribution in [0.2, 0.25) is 0 Å². The Morgan fingerprint density at radius 1 is 1.08 bits per heavy atom. The third kappa shape index (κ3) is 6.05. The van der Waals surface area contributed by atoms with E-state index in [-0.39, 0.29) is 25.0 Å². The molecule has 2 N–H and O–H groups in total. The second-order valence-electron chi connectivity index (χ2n) is 5.86. The second kappa shape index (κ2) is 9.73. The van der Waals surface area contributed by atoms with Gasteiger partial charge in [-0.05, 0) is 43.4 Å². The van der Waals surface area contributed by atoms with Gasteiger partial charge in [-0.15, -0.1) is 0 Å². The van der Waals surface area contributed by atoms with Gasteiger partial charge in [0.2, 0.25) is 0 Å². The average molecular weight is 327 g/mol. The highest BCUT2D eigenvalue weighted by Crippen LogP contribution is 2.22. The highest BCUT2D eigenvalue weighted by molar-refractivity contribution is 5.77. The molecule has 128 valence electrons. The zero-order valence-electron chi connectivity index (χ0n) is 14.1. The van der Waals surface area contributed by atoms with Gasteiger partial charge in [0.15, 0.2) is 6.61 Å². The van der Waals surface area contributed by atoms with Gasteiger partial charge in [-0.2, -0.15) is 0 Å². The molecule has 1 atom stereocenters. The molecular formula is C20H25NO3. The largest absolute Gasteiger partial charge is 0.484 e. The van der Waals surface area contributed by atoms with Crippen LogP contribution < -0.4 is 10.1 Å². The van der Waals surface area contributed by atoms with Gasteiger partial charge in [-0.1, -0.05) is 48.0 Å². The van der Waals surface area contributed by atoms with Crippen molar-refractivity contribution in [3.8, 4) is 5.75 Å². The average Bonchev–Trinajstić information content (AvgIpc) is 2.61. The van der Waals surface area contributed by atoms with Crippen LogP contribution in [0.15, 0.2) is 54.6 Å². The van der Waals surface area contributed by atoms with E-state index < -0.39 is 0 Å². The first-order chi connectivity index (χ1) is 11.7. The number of carbonyl (C=O) groups is 1. The summed E-state index contributed by atoms with van der Waals surface area (Å²) < 4.78 is 5.46. The van der Waals surface area contributed by atoms with Crippen molar-refractivity contribution in [2.45, 2.75) is 25.7 Å². The minimum Gasteiger partial charge on any atom is -0.484 e. The van der Waals surface area contributed by atoms with Crippen molar-refractivity contribution >= 4 is 5.91 Å². The highest BCUT2D eigenvalue weighted by atomic mass is 16.5. The van der Waals surface area contributed by atoms with Gasteiger partial charge in [0.25, 0.3) is 5.91 Å². The zero-order chi connectivity index (χ0) is 17.2. The van der Waals surface area contributed by atoms with Crippen molar-refractivity contribution < 1.29 is 14.6 Å². The number of aliphatic hydroxyl groups excluding tert-OH is 1. The van der Waals surface area contributed by atoms with Crippen LogP contribution in [-0.4, -0.2) is 30.8 Å². The molecule has 24 heavy (non-hydrogen) atoms. The molecule has 0 aliphatic heterocycles. The molecule has 0 aliphatic carbocycles. The summed E-state index contributed by atoms with van der Waals surface area (Å²) in [4.78, 5) is 11.9. The monoisotopic (exact) mass is 327 g/mol. The Balaban J connectivity index is 1.73. The Hall–Kier alpha value is -2.33. The predicted octanol–water partition coefficient (Wildman–Crippen LogP) is 3.05. The molecule has 1 amide bonds. The Labute approximate surface area is 143 Å². The summed E-state index contributed by atoms with van der Waals surface area (Å²) in [5, 5.41) is 12.1. The van der Waals surface area contributed by atoms with Crippen molar-refractivity contribution in [2.75, 3.05) is 19.8 Å². The van der Waals surface area contributed by atoms with Gasteiger partial charge in [0.1, 0.15) is 5.75 Å². The lowest BCUT2D eigenvalue weighted by Crippen LogP contribution is -2.30. The molecule has 2 aromatic carbocycles. The SMILES string of the molecule is Cc1ccc(OCC(=O)NCCC(CCO)c2ccccc2)cc1. The van der Waals surface area contributed by atoms with Gasteiger partial charge in [0, 0.05) is 13.2 Å². The summed E-state index contributed by atoms with van der Waals surface area (Å²) in [5.41, 5.74) is 2.35. The number of aliphatic hydroxyl groups is 1. The number of hydrogen-bond acceptors (Lipinski definition) is 3. The molecule has 0 bridgehead atoms. The maximum atomic E-state index is 11.9. The van der Waals surface area contributed by atoms with Crippen molar-refractivity contribution in [3.05, 3.63) is 65.7 Å². The van der Waals surface area contributed by atoms with Crippen molar-refractivity contribution in [2.24, 2.45) is 0 Å². The third-order valence-corrected chi connectivity index (χ3v) is 3.95. The summed E-state index contributed by atoms with van der Waals surface area (Å²) in [7, 11) is 0. The van der Waals surface area contributed by atoms with Gasteiger partial charge in [-0.25, -0.2) is 0 Å². The van der Waals surface area contributed by atoms with Crippen LogP contribution in [0, 0.1) is 6.92 Å². The fourth-order valence-corrected chi connectivity index (χ4v) is 2.58. The van der Waals surface area contributed by atoms with E-state index in [1.165, 1.54) is 5.56 Å². The summed E-state index contributed by atoms with van der Waals surface area (Å²) in [6.45, 7) is 2.73. The number of carbonyl (C=O) groups excluding carboxylic acids is 1. The van der Waals surface area contributed by atoms with Gasteiger partial charge in [-0.3, -0.25) is 4.79 Å². The van der Waals surface area contributed by atoms with Crippen LogP contribution in [0.5, 0.6) is 5.75 Å². The Kier molecular flexibility index (Phi) is 7.30. The number of amides is 1. The molecule has 0 aromatic heterocycles. The van der Waals surface area contributed by atoms with Crippen LogP contribution in [0.1, 0.15) is 29.9 Å². The topological polar surface area (TPSA) is 58.6 Å². The summed E-state index contributed by atoms with van der Waals surface area (Å²) in [6.07, 6.45) is 1.49. The lowest BCUT2D eigenvalue weighted by Gasteiger charge is -2.16. The Morgan fingerprint density at radius 3 is 2.46 bits per heavy atom. The smallest absolute Gasteiger partial charge is 0.257 e. The fourth-order valence-electron chi connectivity index (χ4n) is 2.58. The van der Waals surface area contributed by atoms with Crippen LogP contribution >= 0.6 is 0 Å². The lowest BCUT2D eigenvalue weighted by atomic mass is 9.93. The number of aryl methyl sites for hydroxylation is 1. The van der Waals surface area contributed by atoms with Gasteiger partial charge in [0.05, 0.1) is 0 Å². The fraction of sp³-hybridized carbons (Fsp3) is 0.350. The summed E-state index contributed by atoms with van der Waals surface area (Å²) in [5.74, 6) is 0.805. The third-order valence-electron chi connectivity index (χ3n) is 3.95. The van der Waals surface area contributed by atoms with Crippen LogP contribution in [0.25, 0.3) is 0 Å². The molecule has 0 saturated carbocycles. The summed E-state index contributed by atoms with van der Waals surface area (Å²) >= 11 is 0. The molecule has 4 heteroatoms. The molecule has 1 unspecified atom stereocenters. The van der Waals surface area contributed by atoms with Crippen LogP contribution in [-0.2, 0) is 4.79 Å². The second-order valence-corrected chi connectivity index (χ2v) is 5.86. The zero-order valence-corrected chi connectivity index (χ0v) is 14.1. The standard InChI is InChI=1S/C20H25NO3/c1-16-7-9-19(10-8-16)24-15-20(23)21-13-11-18(12-14-22)17-5-3-2-4-6-17/h2-10,18,22H,11-15H2,1H3,(H,21,23). The number of hydrogen-bond donors (Lipinski definition) is 2. The molecule has 0 aliphatic rings. The molecule has 4 nitrogen and oxygen atoms in total. The number of benzene rings is 2. The van der Waals surface area contributed by atoms with E-state index in [2.05, 4.69) is 17.4 Å². The van der Waals surface area contributed by atoms with Crippen LogP contribution in [0.3, 0.4) is 0 Å². The van der Waals surface area contributed by atoms with Gasteiger partial charge >= 0.3 is 0 Å². The van der Waals surface area contributed by atoms with Crippen LogP contribution in [0.4, 0.5) is 0 Å². The molecule has 0 fully saturated rings. The van der Waals surface area contributed by atoms with E-state index in [1.54, 1.807) is 0 Å². The van der Waals surface area contributed by atoms with Crippen molar-refractivity contribution in [1.29, 1.82) is 0 Å². The molecule has 0 heterocycles. The van der Waals surface area contributed by atoms with Crippen molar-refractivity contribution in [1.82, 2.24) is 5.32 Å². The molecule has 0 spiro atoms. The van der Waals surface area contributed by atoms with E-state index in [4.69, 9.17) is 4.74 Å². The number of rotatable bonds is 9. The van der Waals surface area contributed by atoms with Gasteiger partial charge < -0.3 is 15.2 Å². The maximum absolute atomic E-state index is 11.9. The number of nitrogens with one attached hydrogen (secondary N) is 1. The first kappa shape index (κ1) is 18.0. The lowest BCUT2D eigenvalue weighted by molar-refractivity contribution is -0.123. The van der Waals surface area contributed by atoms with E-state index in [0.717, 1.165) is 12.0 Å². The molecule has 2 aromatic rings. The maximum Gasteiger partial charge on any atom is 0.257 e. The normalized spacial score (nSPS) is 11.8. The van der Waals surface area contributed by atoms with E-state index in [9.17, 15) is 9.90 Å². The number of ether oxygens (including phenoxy) is 1. The predicted molar refractivity (Wildman–Crippen MR) is 95.2 cm³/mol. The van der Waals surface area contributed by atoms with E-state index >= 15 is 0 Å². The minimum absolute atomic E-state index is 0.0130. The molecular weight excluding hydrogens is 302 g/mol. The molecule has 2 rings (SSSR count). The van der Waals surface area contributed by atoms with E-state index in [0.29, 0.717) is 18.7 Å². The highest BCUT2D eigenvalue weighted by Gasteiger charge is 2.11. The van der Waals surface area contributed by atoms with Crippen molar-refractivity contribution in [3.63, 3.8) is 0 Å². The summed E-state index contributed by atoms with van der Waals surface area (Å²) in [6, 6.07) is 17.7. The Bertz CT molecular complexity index is 611. The minimum atomic E-state index is -0.133.